The minimum Gasteiger partial charge on any atom is -0.391 e. The molecule has 1 aromatic heterocycles. The summed E-state index contributed by atoms with van der Waals surface area (Å²) >= 11 is 0. The third-order valence-electron chi connectivity index (χ3n) is 5.88. The van der Waals surface area contributed by atoms with Gasteiger partial charge < -0.3 is 10.0 Å². The number of alkyl halides is 3. The second-order valence-electron chi connectivity index (χ2n) is 8.66. The molecule has 8 heteroatoms. The minimum absolute atomic E-state index is 0.244. The zero-order valence-corrected chi connectivity index (χ0v) is 17.2. The molecule has 162 valence electrons. The Bertz CT molecular complexity index is 1010. The quantitative estimate of drug-likeness (QED) is 0.821. The summed E-state index contributed by atoms with van der Waals surface area (Å²) in [4.78, 5) is 15.0. The van der Waals surface area contributed by atoms with Gasteiger partial charge in [0.1, 0.15) is 0 Å². The lowest BCUT2D eigenvalue weighted by molar-refractivity contribution is -0.137. The van der Waals surface area contributed by atoms with Crippen LogP contribution in [-0.2, 0) is 25.4 Å². The van der Waals surface area contributed by atoms with Gasteiger partial charge in [0.2, 0.25) is 0 Å². The number of aliphatic hydroxyl groups is 1. The van der Waals surface area contributed by atoms with Crippen LogP contribution in [0.3, 0.4) is 0 Å². The Hall–Kier alpha value is -2.35. The highest BCUT2D eigenvalue weighted by molar-refractivity contribution is 5.58. The maximum absolute atomic E-state index is 13.8. The molecule has 2 aromatic rings. The van der Waals surface area contributed by atoms with Gasteiger partial charge in [-0.1, -0.05) is 13.8 Å². The van der Waals surface area contributed by atoms with Crippen molar-refractivity contribution in [2.45, 2.75) is 58.2 Å². The maximum Gasteiger partial charge on any atom is 0.418 e. The SMILES string of the molecule is CC(C)Cc1nn(-c2cc(N3CC[C@H](O)C3)ccc2C(F)(F)F)c(=O)c2c1CCC2. The van der Waals surface area contributed by atoms with Crippen molar-refractivity contribution in [3.05, 3.63) is 50.9 Å². The number of fused-ring (bicyclic) bond motifs is 1. The van der Waals surface area contributed by atoms with Crippen molar-refractivity contribution < 1.29 is 18.3 Å². The zero-order valence-electron chi connectivity index (χ0n) is 17.2. The summed E-state index contributed by atoms with van der Waals surface area (Å²) in [6, 6.07) is 3.80. The summed E-state index contributed by atoms with van der Waals surface area (Å²) in [6.45, 7) is 4.96. The number of β-amino-alcohol motifs (C(OH)–C–C–N with tert-alkyl or cyclic N) is 1. The van der Waals surface area contributed by atoms with Gasteiger partial charge in [-0.2, -0.15) is 23.0 Å². The van der Waals surface area contributed by atoms with Crippen LogP contribution < -0.4 is 10.5 Å². The molecule has 0 bridgehead atoms. The van der Waals surface area contributed by atoms with E-state index in [1.54, 1.807) is 0 Å². The van der Waals surface area contributed by atoms with E-state index in [9.17, 15) is 23.1 Å². The first-order chi connectivity index (χ1) is 14.1. The van der Waals surface area contributed by atoms with E-state index in [0.29, 0.717) is 49.3 Å². The molecule has 0 radical (unpaired) electrons. The van der Waals surface area contributed by atoms with Gasteiger partial charge in [-0.25, -0.2) is 0 Å². The van der Waals surface area contributed by atoms with E-state index in [1.165, 1.54) is 12.1 Å². The molecule has 2 aliphatic rings. The van der Waals surface area contributed by atoms with Gasteiger partial charge in [0, 0.05) is 24.3 Å². The molecule has 1 aliphatic carbocycles. The first kappa shape index (κ1) is 20.9. The van der Waals surface area contributed by atoms with Gasteiger partial charge >= 0.3 is 6.18 Å². The van der Waals surface area contributed by atoms with E-state index in [1.807, 2.05) is 18.7 Å². The Balaban J connectivity index is 1.91. The monoisotopic (exact) mass is 421 g/mol. The molecule has 1 N–H and O–H groups in total. The second-order valence-corrected chi connectivity index (χ2v) is 8.66. The van der Waals surface area contributed by atoms with E-state index in [4.69, 9.17) is 0 Å². The predicted octanol–water partition coefficient (Wildman–Crippen LogP) is 3.51. The van der Waals surface area contributed by atoms with Gasteiger partial charge in [0.15, 0.2) is 0 Å². The Kier molecular flexibility index (Phi) is 5.38. The van der Waals surface area contributed by atoms with Gasteiger partial charge in [-0.05, 0) is 61.8 Å². The Labute approximate surface area is 173 Å². The van der Waals surface area contributed by atoms with Crippen molar-refractivity contribution in [1.29, 1.82) is 0 Å². The number of halogens is 3. The molecular formula is C22H26F3N3O2. The normalized spacial score (nSPS) is 19.0. The predicted molar refractivity (Wildman–Crippen MR) is 108 cm³/mol. The van der Waals surface area contributed by atoms with Crippen molar-refractivity contribution in [2.75, 3.05) is 18.0 Å². The fraction of sp³-hybridized carbons (Fsp3) is 0.545. The molecule has 5 nitrogen and oxygen atoms in total. The number of aromatic nitrogens is 2. The molecule has 0 amide bonds. The van der Waals surface area contributed by atoms with Crippen molar-refractivity contribution in [3.63, 3.8) is 0 Å². The topological polar surface area (TPSA) is 58.4 Å². The molecule has 4 rings (SSSR count). The Morgan fingerprint density at radius 2 is 1.97 bits per heavy atom. The fourth-order valence-electron chi connectivity index (χ4n) is 4.47. The maximum atomic E-state index is 13.8. The van der Waals surface area contributed by atoms with E-state index >= 15 is 0 Å². The summed E-state index contributed by atoms with van der Waals surface area (Å²) in [7, 11) is 0. The molecule has 30 heavy (non-hydrogen) atoms. The number of anilines is 1. The highest BCUT2D eigenvalue weighted by atomic mass is 19.4. The molecule has 0 unspecified atom stereocenters. The van der Waals surface area contributed by atoms with Gasteiger partial charge in [-0.3, -0.25) is 4.79 Å². The zero-order chi connectivity index (χ0) is 21.6. The summed E-state index contributed by atoms with van der Waals surface area (Å²) < 4.78 is 42.4. The molecule has 1 saturated heterocycles. The minimum atomic E-state index is -4.61. The Morgan fingerprint density at radius 3 is 2.60 bits per heavy atom. The number of nitrogens with zero attached hydrogens (tertiary/aromatic N) is 3. The summed E-state index contributed by atoms with van der Waals surface area (Å²) in [5.41, 5.74) is 1.19. The van der Waals surface area contributed by atoms with Crippen molar-refractivity contribution in [3.8, 4) is 5.69 Å². The van der Waals surface area contributed by atoms with E-state index in [2.05, 4.69) is 5.10 Å². The molecule has 1 fully saturated rings. The number of benzene rings is 1. The van der Waals surface area contributed by atoms with E-state index < -0.39 is 23.4 Å². The van der Waals surface area contributed by atoms with Crippen LogP contribution in [-0.4, -0.2) is 34.1 Å². The largest absolute Gasteiger partial charge is 0.418 e. The second kappa shape index (κ2) is 7.72. The number of hydrogen-bond donors (Lipinski definition) is 1. The van der Waals surface area contributed by atoms with Gasteiger partial charge in [0.25, 0.3) is 5.56 Å². The molecule has 1 atom stereocenters. The lowest BCUT2D eigenvalue weighted by Crippen LogP contribution is -2.30. The van der Waals surface area contributed by atoms with Gasteiger partial charge in [0.05, 0.1) is 23.0 Å². The fourth-order valence-corrected chi connectivity index (χ4v) is 4.47. The third-order valence-corrected chi connectivity index (χ3v) is 5.88. The highest BCUT2D eigenvalue weighted by Crippen LogP contribution is 2.36. The number of rotatable bonds is 4. The van der Waals surface area contributed by atoms with E-state index in [0.717, 1.165) is 29.2 Å². The van der Waals surface area contributed by atoms with Crippen molar-refractivity contribution >= 4 is 5.69 Å². The Morgan fingerprint density at radius 1 is 1.23 bits per heavy atom. The molecule has 1 aromatic carbocycles. The van der Waals surface area contributed by atoms with Crippen LogP contribution in [0.2, 0.25) is 0 Å². The molecule has 0 spiro atoms. The molecule has 1 aliphatic heterocycles. The lowest BCUT2D eigenvalue weighted by atomic mass is 10.0. The molecule has 0 saturated carbocycles. The standard InChI is InChI=1S/C22H26F3N3O2/c1-13(2)10-19-16-4-3-5-17(16)21(30)28(26-19)20-11-14(27-9-8-15(29)12-27)6-7-18(20)22(23,24)25/h6-7,11,13,15,29H,3-5,8-10,12H2,1-2H3/t15-/m0/s1. The van der Waals surface area contributed by atoms with Crippen molar-refractivity contribution in [1.82, 2.24) is 9.78 Å². The lowest BCUT2D eigenvalue weighted by Gasteiger charge is -2.22. The number of hydrogen-bond acceptors (Lipinski definition) is 4. The van der Waals surface area contributed by atoms with E-state index in [-0.39, 0.29) is 11.6 Å². The van der Waals surface area contributed by atoms with Crippen LogP contribution in [0.5, 0.6) is 0 Å². The first-order valence-corrected chi connectivity index (χ1v) is 10.4. The third kappa shape index (κ3) is 3.85. The van der Waals surface area contributed by atoms with Crippen LogP contribution in [0.15, 0.2) is 23.0 Å². The number of aliphatic hydroxyl groups excluding tert-OH is 1. The highest BCUT2D eigenvalue weighted by Gasteiger charge is 2.36. The molecule has 2 heterocycles. The van der Waals surface area contributed by atoms with Crippen LogP contribution in [0.1, 0.15) is 49.1 Å². The average Bonchev–Trinajstić information content (AvgIpc) is 3.32. The van der Waals surface area contributed by atoms with Crippen LogP contribution in [0.25, 0.3) is 5.69 Å². The van der Waals surface area contributed by atoms with Gasteiger partial charge in [-0.15, -0.1) is 0 Å². The summed E-state index contributed by atoms with van der Waals surface area (Å²) in [6.07, 6.45) is -1.81. The smallest absolute Gasteiger partial charge is 0.391 e. The summed E-state index contributed by atoms with van der Waals surface area (Å²) in [5, 5.41) is 14.3. The van der Waals surface area contributed by atoms with Crippen LogP contribution in [0.4, 0.5) is 18.9 Å². The van der Waals surface area contributed by atoms with Crippen LogP contribution >= 0.6 is 0 Å². The van der Waals surface area contributed by atoms with Crippen molar-refractivity contribution in [2.24, 2.45) is 5.92 Å². The first-order valence-electron chi connectivity index (χ1n) is 10.4. The summed E-state index contributed by atoms with van der Waals surface area (Å²) in [5.74, 6) is 0.271. The molecular weight excluding hydrogens is 395 g/mol. The average molecular weight is 421 g/mol. The van der Waals surface area contributed by atoms with Crippen LogP contribution in [0, 0.1) is 5.92 Å².